The Hall–Kier alpha value is -1.84. The average Bonchev–Trinajstić information content (AvgIpc) is 2.69. The Morgan fingerprint density at radius 2 is 2.21 bits per heavy atom. The van der Waals surface area contributed by atoms with Gasteiger partial charge in [-0.15, -0.1) is 0 Å². The summed E-state index contributed by atoms with van der Waals surface area (Å²) in [5, 5.41) is 0. The fraction of sp³-hybridized carbons (Fsp3) is 0.100. The van der Waals surface area contributed by atoms with Crippen LogP contribution >= 0.6 is 0 Å². The van der Waals surface area contributed by atoms with E-state index in [1.807, 2.05) is 0 Å². The first-order valence-corrected chi connectivity index (χ1v) is 4.22. The Labute approximate surface area is 80.6 Å². The van der Waals surface area contributed by atoms with Crippen LogP contribution in [-0.4, -0.2) is 9.97 Å². The van der Waals surface area contributed by atoms with Gasteiger partial charge in [0.2, 0.25) is 0 Å². The van der Waals surface area contributed by atoms with Crippen molar-refractivity contribution in [1.29, 1.82) is 0 Å². The van der Waals surface area contributed by atoms with Crippen LogP contribution in [0.3, 0.4) is 0 Å². The molecule has 4 heteroatoms. The molecule has 0 amide bonds. The van der Waals surface area contributed by atoms with Crippen molar-refractivity contribution in [2.24, 2.45) is 0 Å². The number of rotatable bonds is 3. The molecule has 0 aliphatic carbocycles. The highest BCUT2D eigenvalue weighted by Crippen LogP contribution is 2.16. The Morgan fingerprint density at radius 1 is 1.36 bits per heavy atom. The van der Waals surface area contributed by atoms with Gasteiger partial charge >= 0.3 is 0 Å². The first kappa shape index (κ1) is 8.74. The van der Waals surface area contributed by atoms with Crippen molar-refractivity contribution < 1.29 is 9.13 Å². The van der Waals surface area contributed by atoms with Crippen LogP contribution in [0.4, 0.5) is 4.39 Å². The van der Waals surface area contributed by atoms with Gasteiger partial charge in [0.25, 0.3) is 0 Å². The van der Waals surface area contributed by atoms with Crippen molar-refractivity contribution in [3.05, 3.63) is 48.3 Å². The molecule has 14 heavy (non-hydrogen) atoms. The number of aromatic amines is 1. The normalized spacial score (nSPS) is 10.1. The summed E-state index contributed by atoms with van der Waals surface area (Å²) in [6, 6.07) is 6.28. The number of ether oxygens (including phenoxy) is 1. The largest absolute Gasteiger partial charge is 0.483 e. The van der Waals surface area contributed by atoms with E-state index < -0.39 is 0 Å². The molecule has 2 aromatic rings. The van der Waals surface area contributed by atoms with Gasteiger partial charge in [-0.25, -0.2) is 9.37 Å². The quantitative estimate of drug-likeness (QED) is 0.808. The molecule has 72 valence electrons. The summed E-state index contributed by atoms with van der Waals surface area (Å²) in [5.41, 5.74) is 0. The lowest BCUT2D eigenvalue weighted by Gasteiger charge is -2.04. The smallest absolute Gasteiger partial charge is 0.165 e. The van der Waals surface area contributed by atoms with Gasteiger partial charge in [-0.2, -0.15) is 0 Å². The van der Waals surface area contributed by atoms with Crippen LogP contribution in [0.5, 0.6) is 5.75 Å². The van der Waals surface area contributed by atoms with E-state index in [0.717, 1.165) is 0 Å². The van der Waals surface area contributed by atoms with Gasteiger partial charge in [-0.3, -0.25) is 0 Å². The number of imidazole rings is 1. The molecule has 0 unspecified atom stereocenters. The van der Waals surface area contributed by atoms with Crippen LogP contribution in [0.25, 0.3) is 0 Å². The fourth-order valence-corrected chi connectivity index (χ4v) is 1.08. The Balaban J connectivity index is 2.02. The number of nitrogens with one attached hydrogen (secondary N) is 1. The molecule has 2 rings (SSSR count). The number of H-pyrrole nitrogens is 1. The van der Waals surface area contributed by atoms with Gasteiger partial charge in [-0.05, 0) is 12.1 Å². The number of nitrogens with zero attached hydrogens (tertiary/aromatic N) is 1. The predicted molar refractivity (Wildman–Crippen MR) is 49.3 cm³/mol. The summed E-state index contributed by atoms with van der Waals surface area (Å²) in [4.78, 5) is 6.83. The maximum Gasteiger partial charge on any atom is 0.165 e. The van der Waals surface area contributed by atoms with Gasteiger partial charge in [0, 0.05) is 12.4 Å². The first-order chi connectivity index (χ1) is 6.86. The molecular formula is C10H9FN2O. The molecule has 0 saturated heterocycles. The zero-order chi connectivity index (χ0) is 9.80. The summed E-state index contributed by atoms with van der Waals surface area (Å²) < 4.78 is 18.3. The van der Waals surface area contributed by atoms with Crippen LogP contribution in [0.15, 0.2) is 36.7 Å². The van der Waals surface area contributed by atoms with E-state index in [1.165, 1.54) is 6.07 Å². The zero-order valence-electron chi connectivity index (χ0n) is 7.40. The molecule has 0 aliphatic heterocycles. The minimum atomic E-state index is -0.362. The number of aromatic nitrogens is 2. The number of hydrogen-bond acceptors (Lipinski definition) is 2. The summed E-state index contributed by atoms with van der Waals surface area (Å²) in [6.45, 7) is 0.244. The van der Waals surface area contributed by atoms with E-state index in [-0.39, 0.29) is 18.2 Å². The van der Waals surface area contributed by atoms with Crippen molar-refractivity contribution in [1.82, 2.24) is 9.97 Å². The molecule has 3 nitrogen and oxygen atoms in total. The lowest BCUT2D eigenvalue weighted by atomic mass is 10.3. The second-order valence-corrected chi connectivity index (χ2v) is 2.75. The summed E-state index contributed by atoms with van der Waals surface area (Å²) in [5.74, 6) is 0.552. The fourth-order valence-electron chi connectivity index (χ4n) is 1.08. The molecule has 0 radical (unpaired) electrons. The van der Waals surface area contributed by atoms with E-state index >= 15 is 0 Å². The highest BCUT2D eigenvalue weighted by atomic mass is 19.1. The topological polar surface area (TPSA) is 37.9 Å². The Morgan fingerprint density at radius 3 is 2.93 bits per heavy atom. The number of benzene rings is 1. The monoisotopic (exact) mass is 192 g/mol. The van der Waals surface area contributed by atoms with Crippen molar-refractivity contribution in [2.45, 2.75) is 6.61 Å². The standard InChI is InChI=1S/C10H9FN2O/c11-8-3-1-2-4-9(8)14-7-10-12-5-6-13-10/h1-6H,7H2,(H,12,13). The Kier molecular flexibility index (Phi) is 2.44. The molecule has 1 N–H and O–H groups in total. The third-order valence-corrected chi connectivity index (χ3v) is 1.76. The predicted octanol–water partition coefficient (Wildman–Crippen LogP) is 2.13. The van der Waals surface area contributed by atoms with Gasteiger partial charge in [0.05, 0.1) is 0 Å². The summed E-state index contributed by atoms with van der Waals surface area (Å²) >= 11 is 0. The van der Waals surface area contributed by atoms with Crippen LogP contribution in [0, 0.1) is 5.82 Å². The highest BCUT2D eigenvalue weighted by Gasteiger charge is 2.02. The number of hydrogen-bond donors (Lipinski definition) is 1. The van der Waals surface area contributed by atoms with Gasteiger partial charge < -0.3 is 9.72 Å². The molecule has 0 spiro atoms. The SMILES string of the molecule is Fc1ccccc1OCc1ncc[nH]1. The van der Waals surface area contributed by atoms with E-state index in [1.54, 1.807) is 30.6 Å². The Bertz CT molecular complexity index is 400. The number of halogens is 1. The van der Waals surface area contributed by atoms with Gasteiger partial charge in [0.15, 0.2) is 11.6 Å². The van der Waals surface area contributed by atoms with E-state index in [2.05, 4.69) is 9.97 Å². The molecule has 1 aromatic carbocycles. The van der Waals surface area contributed by atoms with E-state index in [4.69, 9.17) is 4.74 Å². The zero-order valence-corrected chi connectivity index (χ0v) is 7.40. The van der Waals surface area contributed by atoms with Crippen molar-refractivity contribution >= 4 is 0 Å². The molecule has 1 heterocycles. The lowest BCUT2D eigenvalue weighted by molar-refractivity contribution is 0.282. The summed E-state index contributed by atoms with van der Waals surface area (Å²) in [6.07, 6.45) is 3.32. The van der Waals surface area contributed by atoms with Crippen LogP contribution in [0.1, 0.15) is 5.82 Å². The summed E-state index contributed by atoms with van der Waals surface area (Å²) in [7, 11) is 0. The lowest BCUT2D eigenvalue weighted by Crippen LogP contribution is -1.98. The maximum atomic E-state index is 13.1. The van der Waals surface area contributed by atoms with Crippen LogP contribution in [0.2, 0.25) is 0 Å². The molecule has 0 aliphatic rings. The minimum absolute atomic E-state index is 0.240. The van der Waals surface area contributed by atoms with Gasteiger partial charge in [-0.1, -0.05) is 12.1 Å². The number of para-hydroxylation sites is 1. The van der Waals surface area contributed by atoms with Crippen molar-refractivity contribution in [3.63, 3.8) is 0 Å². The molecular weight excluding hydrogens is 183 g/mol. The maximum absolute atomic E-state index is 13.1. The molecule has 0 fully saturated rings. The first-order valence-electron chi connectivity index (χ1n) is 4.22. The second-order valence-electron chi connectivity index (χ2n) is 2.75. The van der Waals surface area contributed by atoms with Crippen LogP contribution in [-0.2, 0) is 6.61 Å². The third-order valence-electron chi connectivity index (χ3n) is 1.76. The minimum Gasteiger partial charge on any atom is -0.483 e. The van der Waals surface area contributed by atoms with Crippen molar-refractivity contribution in [3.8, 4) is 5.75 Å². The van der Waals surface area contributed by atoms with Gasteiger partial charge in [0.1, 0.15) is 12.4 Å². The molecule has 1 aromatic heterocycles. The van der Waals surface area contributed by atoms with Crippen LogP contribution < -0.4 is 4.74 Å². The molecule has 0 atom stereocenters. The van der Waals surface area contributed by atoms with Crippen molar-refractivity contribution in [2.75, 3.05) is 0 Å². The third kappa shape index (κ3) is 1.90. The second kappa shape index (κ2) is 3.91. The molecule has 0 saturated carbocycles. The van der Waals surface area contributed by atoms with E-state index in [9.17, 15) is 4.39 Å². The highest BCUT2D eigenvalue weighted by molar-refractivity contribution is 5.23. The average molecular weight is 192 g/mol. The molecule has 0 bridgehead atoms. The van der Waals surface area contributed by atoms with E-state index in [0.29, 0.717) is 5.82 Å².